The Morgan fingerprint density at radius 1 is 1.27 bits per heavy atom. The Morgan fingerprint density at radius 3 is 2.38 bits per heavy atom. The number of hydrogen-bond donors (Lipinski definition) is 1. The molecule has 0 atom stereocenters. The third kappa shape index (κ3) is 8.41. The van der Waals surface area contributed by atoms with E-state index in [4.69, 9.17) is 5.14 Å². The molecule has 26 heavy (non-hydrogen) atoms. The lowest BCUT2D eigenvalue weighted by Crippen LogP contribution is -2.14. The van der Waals surface area contributed by atoms with E-state index in [9.17, 15) is 12.8 Å². The van der Waals surface area contributed by atoms with Crippen molar-refractivity contribution < 1.29 is 12.8 Å². The molecule has 0 heterocycles. The van der Waals surface area contributed by atoms with Gasteiger partial charge in [-0.15, -0.1) is 0 Å². The summed E-state index contributed by atoms with van der Waals surface area (Å²) in [7, 11) is -3.55. The van der Waals surface area contributed by atoms with Crippen molar-refractivity contribution in [3.63, 3.8) is 0 Å². The Hall–Kier alpha value is -1.98. The molecule has 0 aliphatic rings. The van der Waals surface area contributed by atoms with Gasteiger partial charge in [-0.3, -0.25) is 0 Å². The summed E-state index contributed by atoms with van der Waals surface area (Å²) in [5.41, 5.74) is 2.85. The molecule has 0 amide bonds. The van der Waals surface area contributed by atoms with Crippen LogP contribution in [0.3, 0.4) is 0 Å². The van der Waals surface area contributed by atoms with Crippen LogP contribution in [0.2, 0.25) is 0 Å². The molecule has 0 saturated carbocycles. The second-order valence-electron chi connectivity index (χ2n) is 6.90. The van der Waals surface area contributed by atoms with Crippen molar-refractivity contribution in [3.05, 3.63) is 78.2 Å². The number of nitrogens with two attached hydrogens (primary N) is 1. The summed E-state index contributed by atoms with van der Waals surface area (Å²) in [6, 6.07) is 6.39. The molecule has 0 radical (unpaired) electrons. The Balaban J connectivity index is 3.22. The van der Waals surface area contributed by atoms with E-state index in [0.717, 1.165) is 23.1 Å². The molecule has 3 nitrogen and oxygen atoms in total. The second-order valence-corrected chi connectivity index (χ2v) is 8.56. The van der Waals surface area contributed by atoms with E-state index in [1.807, 2.05) is 6.08 Å². The van der Waals surface area contributed by atoms with Crippen LogP contribution >= 0.6 is 0 Å². The summed E-state index contributed by atoms with van der Waals surface area (Å²) in [6.45, 7) is 10.1. The van der Waals surface area contributed by atoms with E-state index in [-0.39, 0.29) is 17.0 Å². The largest absolute Gasteiger partial charge is 0.228 e. The van der Waals surface area contributed by atoms with Gasteiger partial charge in [0.05, 0.1) is 5.75 Å². The van der Waals surface area contributed by atoms with Gasteiger partial charge in [-0.1, -0.05) is 69.9 Å². The monoisotopic (exact) mass is 377 g/mol. The van der Waals surface area contributed by atoms with Crippen molar-refractivity contribution in [3.8, 4) is 0 Å². The van der Waals surface area contributed by atoms with E-state index in [0.29, 0.717) is 6.42 Å². The predicted octanol–water partition coefficient (Wildman–Crippen LogP) is 4.99. The predicted molar refractivity (Wildman–Crippen MR) is 108 cm³/mol. The summed E-state index contributed by atoms with van der Waals surface area (Å²) in [4.78, 5) is 0. The maximum atomic E-state index is 13.3. The summed E-state index contributed by atoms with van der Waals surface area (Å²) in [5.74, 6) is -0.505. The van der Waals surface area contributed by atoms with Crippen LogP contribution in [0.4, 0.5) is 4.39 Å². The van der Waals surface area contributed by atoms with Gasteiger partial charge < -0.3 is 0 Å². The number of allylic oxidation sites excluding steroid dienone is 6. The zero-order valence-corrected chi connectivity index (χ0v) is 16.5. The minimum absolute atomic E-state index is 0.0205. The minimum atomic E-state index is -3.55. The molecule has 0 aliphatic carbocycles. The van der Waals surface area contributed by atoms with Crippen molar-refractivity contribution in [2.24, 2.45) is 10.6 Å². The van der Waals surface area contributed by atoms with Gasteiger partial charge >= 0.3 is 0 Å². The van der Waals surface area contributed by atoms with Gasteiger partial charge in [0.25, 0.3) is 0 Å². The van der Waals surface area contributed by atoms with Gasteiger partial charge in [-0.05, 0) is 47.1 Å². The van der Waals surface area contributed by atoms with Crippen molar-refractivity contribution in [2.45, 2.75) is 33.6 Å². The molecule has 1 aromatic rings. The van der Waals surface area contributed by atoms with Crippen LogP contribution < -0.4 is 5.14 Å². The topological polar surface area (TPSA) is 60.2 Å². The summed E-state index contributed by atoms with van der Waals surface area (Å²) in [6.07, 6.45) is 10.5. The fourth-order valence-electron chi connectivity index (χ4n) is 2.35. The van der Waals surface area contributed by atoms with Crippen LogP contribution in [-0.4, -0.2) is 14.2 Å². The van der Waals surface area contributed by atoms with Crippen LogP contribution in [0.25, 0.3) is 5.57 Å². The smallest absolute Gasteiger partial charge is 0.212 e. The number of sulfonamides is 1. The maximum absolute atomic E-state index is 13.3. The molecular weight excluding hydrogens is 349 g/mol. The number of hydrogen-bond acceptors (Lipinski definition) is 2. The van der Waals surface area contributed by atoms with E-state index < -0.39 is 10.0 Å². The van der Waals surface area contributed by atoms with Crippen molar-refractivity contribution >= 4 is 15.6 Å². The van der Waals surface area contributed by atoms with Crippen molar-refractivity contribution in [2.75, 3.05) is 5.75 Å². The molecule has 0 spiro atoms. The van der Waals surface area contributed by atoms with Crippen molar-refractivity contribution in [1.29, 1.82) is 0 Å². The molecule has 0 saturated heterocycles. The van der Waals surface area contributed by atoms with E-state index in [2.05, 4.69) is 33.4 Å². The number of halogens is 1. The maximum Gasteiger partial charge on any atom is 0.212 e. The molecule has 0 fully saturated rings. The molecule has 0 bridgehead atoms. The van der Waals surface area contributed by atoms with Gasteiger partial charge in [-0.25, -0.2) is 17.9 Å². The number of primary sulfonamides is 1. The molecule has 1 rings (SSSR count). The van der Waals surface area contributed by atoms with Crippen LogP contribution in [0.5, 0.6) is 0 Å². The fraction of sp³-hybridized carbons (Fsp3) is 0.333. The molecular formula is C21H28FNO2S. The lowest BCUT2D eigenvalue weighted by atomic mass is 9.84. The lowest BCUT2D eigenvalue weighted by molar-refractivity contribution is 0.463. The van der Waals surface area contributed by atoms with Gasteiger partial charge in [0.15, 0.2) is 0 Å². The zero-order valence-electron chi connectivity index (χ0n) is 15.7. The van der Waals surface area contributed by atoms with Crippen LogP contribution in [0.1, 0.15) is 39.2 Å². The van der Waals surface area contributed by atoms with E-state index >= 15 is 0 Å². The van der Waals surface area contributed by atoms with Crippen LogP contribution in [0.15, 0.2) is 66.8 Å². The van der Waals surface area contributed by atoms with E-state index in [1.54, 1.807) is 24.3 Å². The number of benzene rings is 1. The highest BCUT2D eigenvalue weighted by atomic mass is 32.2. The summed E-state index contributed by atoms with van der Waals surface area (Å²) >= 11 is 0. The first-order valence-electron chi connectivity index (χ1n) is 8.52. The zero-order chi connectivity index (χ0) is 19.8. The molecule has 5 heteroatoms. The highest BCUT2D eigenvalue weighted by molar-refractivity contribution is 7.89. The second kappa shape index (κ2) is 9.64. The van der Waals surface area contributed by atoms with Crippen molar-refractivity contribution in [1.82, 2.24) is 0 Å². The summed E-state index contributed by atoms with van der Waals surface area (Å²) in [5, 5.41) is 5.04. The molecule has 0 aliphatic heterocycles. The lowest BCUT2D eigenvalue weighted by Gasteiger charge is -2.21. The Morgan fingerprint density at radius 2 is 1.88 bits per heavy atom. The first-order chi connectivity index (χ1) is 12.1. The van der Waals surface area contributed by atoms with Crippen LogP contribution in [-0.2, 0) is 10.0 Å². The Labute approximate surface area is 156 Å². The molecule has 1 aromatic carbocycles. The SMILES string of the molecule is C=C/C=C(\C=C/CS(N)(=O)=O)C/C(=C\C(C)(C)CC)c1ccc(F)cc1. The van der Waals surface area contributed by atoms with Gasteiger partial charge in [0, 0.05) is 0 Å². The highest BCUT2D eigenvalue weighted by Gasteiger charge is 2.15. The third-order valence-corrected chi connectivity index (χ3v) is 4.74. The first kappa shape index (κ1) is 22.1. The molecule has 142 valence electrons. The Kier molecular flexibility index (Phi) is 8.18. The minimum Gasteiger partial charge on any atom is -0.228 e. The normalized spacial score (nSPS) is 14.0. The van der Waals surface area contributed by atoms with Gasteiger partial charge in [0.2, 0.25) is 10.0 Å². The molecule has 0 aromatic heterocycles. The first-order valence-corrected chi connectivity index (χ1v) is 10.2. The quantitative estimate of drug-likeness (QED) is 0.616. The van der Waals surface area contributed by atoms with Crippen LogP contribution in [0, 0.1) is 11.2 Å². The average Bonchev–Trinajstić information content (AvgIpc) is 2.53. The molecule has 2 N–H and O–H groups in total. The highest BCUT2D eigenvalue weighted by Crippen LogP contribution is 2.31. The fourth-order valence-corrected chi connectivity index (χ4v) is 2.72. The third-order valence-electron chi connectivity index (χ3n) is 4.08. The number of rotatable bonds is 9. The Bertz CT molecular complexity index is 801. The standard InChI is InChI=1S/C21H28FNO2S/c1-5-8-17(9-7-14-26(23,24)25)15-19(16-21(3,4)6-2)18-10-12-20(22)13-11-18/h5,7-13,16H,1,6,14-15H2,2-4H3,(H2,23,24,25)/b9-7-,17-8+,19-16+. The van der Waals surface area contributed by atoms with E-state index in [1.165, 1.54) is 18.2 Å². The van der Waals surface area contributed by atoms with Gasteiger partial charge in [-0.2, -0.15) is 0 Å². The van der Waals surface area contributed by atoms with Gasteiger partial charge in [0.1, 0.15) is 5.82 Å². The summed E-state index contributed by atoms with van der Waals surface area (Å²) < 4.78 is 35.5. The average molecular weight is 378 g/mol. The molecule has 0 unspecified atom stereocenters.